The number of nitrogens with one attached hydrogen (secondary N) is 1. The smallest absolute Gasteiger partial charge is 0.417 e. The van der Waals surface area contributed by atoms with Gasteiger partial charge in [-0.25, -0.2) is 14.3 Å². The number of unbranched alkanes of at least 4 members (excludes halogenated alkanes) is 1. The van der Waals surface area contributed by atoms with Gasteiger partial charge in [0.15, 0.2) is 0 Å². The van der Waals surface area contributed by atoms with Gasteiger partial charge in [-0.15, -0.1) is 0 Å². The molecule has 5 aromatic rings. The highest BCUT2D eigenvalue weighted by Crippen LogP contribution is 2.42. The van der Waals surface area contributed by atoms with Crippen molar-refractivity contribution in [2.24, 2.45) is 0 Å². The first-order chi connectivity index (χ1) is 28.1. The summed E-state index contributed by atoms with van der Waals surface area (Å²) in [4.78, 5) is 68.8. The normalized spacial score (nSPS) is 15.5. The van der Waals surface area contributed by atoms with E-state index >= 15 is 0 Å². The topological polar surface area (TPSA) is 146 Å². The van der Waals surface area contributed by atoms with E-state index in [0.717, 1.165) is 0 Å². The first kappa shape index (κ1) is 41.3. The number of amides is 3. The second-order valence-corrected chi connectivity index (χ2v) is 15.5. The zero-order valence-corrected chi connectivity index (χ0v) is 32.6. The number of piperazine rings is 1. The molecule has 2 aromatic heterocycles. The van der Waals surface area contributed by atoms with Crippen molar-refractivity contribution in [3.63, 3.8) is 0 Å². The molecule has 1 N–H and O–H groups in total. The van der Waals surface area contributed by atoms with Crippen LogP contribution in [0.4, 0.5) is 23.2 Å². The van der Waals surface area contributed by atoms with Crippen LogP contribution in [0.15, 0.2) is 74.7 Å². The van der Waals surface area contributed by atoms with Crippen LogP contribution in [0.3, 0.4) is 0 Å². The van der Waals surface area contributed by atoms with Gasteiger partial charge >= 0.3 is 11.8 Å². The molecular weight excluding hydrogens is 774 g/mol. The number of aryl methyl sites for hydroxylation is 1. The zero-order valence-electron chi connectivity index (χ0n) is 32.6. The van der Waals surface area contributed by atoms with E-state index in [1.165, 1.54) is 29.2 Å². The minimum absolute atomic E-state index is 0.0815. The van der Waals surface area contributed by atoms with Gasteiger partial charge in [0.2, 0.25) is 11.8 Å². The third kappa shape index (κ3) is 8.92. The van der Waals surface area contributed by atoms with Gasteiger partial charge in [0.05, 0.1) is 40.9 Å². The Morgan fingerprint density at radius 2 is 1.59 bits per heavy atom. The lowest BCUT2D eigenvalue weighted by molar-refractivity contribution is -0.136. The summed E-state index contributed by atoms with van der Waals surface area (Å²) in [5, 5.41) is 7.61. The minimum atomic E-state index is -4.75. The van der Waals surface area contributed by atoms with Crippen LogP contribution in [0.1, 0.15) is 78.7 Å². The number of carbonyl (C=O) groups excluding carboxylic acids is 3. The van der Waals surface area contributed by atoms with Crippen LogP contribution in [0.2, 0.25) is 0 Å². The molecule has 310 valence electrons. The van der Waals surface area contributed by atoms with Crippen LogP contribution in [0.25, 0.3) is 21.7 Å². The summed E-state index contributed by atoms with van der Waals surface area (Å²) in [5.41, 5.74) is -1.23. The maximum absolute atomic E-state index is 14.9. The van der Waals surface area contributed by atoms with Crippen LogP contribution in [-0.2, 0) is 33.3 Å². The summed E-state index contributed by atoms with van der Waals surface area (Å²) in [7, 11) is 0. The lowest BCUT2D eigenvalue weighted by atomic mass is 9.85. The van der Waals surface area contributed by atoms with Crippen molar-refractivity contribution in [1.29, 1.82) is 0 Å². The SMILES string of the molecule is CC1(C)CCc2cc3c(C(F)(F)F)cc(=O)oc3cc2N1C(=O)CCCCOCCC(=O)N1CCN(C(=O)c2cc(Cc3n[nH]c(=O)c4ccccc34)ccc2F)CC1. The van der Waals surface area contributed by atoms with Crippen molar-refractivity contribution < 1.29 is 41.1 Å². The van der Waals surface area contributed by atoms with Crippen molar-refractivity contribution in [3.05, 3.63) is 115 Å². The maximum Gasteiger partial charge on any atom is 0.417 e. The molecule has 0 bridgehead atoms. The Hall–Kier alpha value is -5.90. The number of rotatable bonds is 11. The number of alkyl halides is 3. The molecule has 0 radical (unpaired) electrons. The monoisotopic (exact) mass is 817 g/mol. The first-order valence-electron chi connectivity index (χ1n) is 19.5. The predicted octanol–water partition coefficient (Wildman–Crippen LogP) is 6.40. The van der Waals surface area contributed by atoms with Crippen molar-refractivity contribution in [2.75, 3.05) is 44.3 Å². The van der Waals surface area contributed by atoms with Gasteiger partial charge in [-0.2, -0.15) is 18.3 Å². The molecule has 2 aliphatic rings. The Kier molecular flexibility index (Phi) is 11.7. The standard InChI is InChI=1S/C43H43F4N5O7/c1-42(2)14-12-27-23-30-32(43(45,46)47)24-39(55)59-36(30)25-35(27)52(42)38(54)9-5-6-19-58-20-13-37(53)50-15-17-51(18-16-50)41(57)31-21-26(10-11-33(31)44)22-34-28-7-3-4-8-29(28)40(56)49-48-34/h3-4,7-8,10-11,21,23-25H,5-6,9,12-20,22H2,1-2H3,(H,49,56). The molecule has 1 saturated heterocycles. The molecule has 1 fully saturated rings. The zero-order chi connectivity index (χ0) is 42.1. The average molecular weight is 818 g/mol. The highest BCUT2D eigenvalue weighted by Gasteiger charge is 2.39. The largest absolute Gasteiger partial charge is 0.423 e. The van der Waals surface area contributed by atoms with E-state index in [9.17, 15) is 41.5 Å². The summed E-state index contributed by atoms with van der Waals surface area (Å²) in [5.74, 6) is -1.50. The summed E-state index contributed by atoms with van der Waals surface area (Å²) in [6.07, 6.45) is -2.23. The molecule has 0 spiro atoms. The van der Waals surface area contributed by atoms with Crippen LogP contribution in [0, 0.1) is 5.82 Å². The molecule has 4 heterocycles. The van der Waals surface area contributed by atoms with Gasteiger partial charge in [-0.05, 0) is 74.9 Å². The lowest BCUT2D eigenvalue weighted by Crippen LogP contribution is -2.51. The van der Waals surface area contributed by atoms with Gasteiger partial charge in [-0.1, -0.05) is 24.3 Å². The number of hydrogen-bond donors (Lipinski definition) is 1. The van der Waals surface area contributed by atoms with Gasteiger partial charge in [0.1, 0.15) is 11.4 Å². The minimum Gasteiger partial charge on any atom is -0.423 e. The van der Waals surface area contributed by atoms with Crippen molar-refractivity contribution in [2.45, 2.75) is 70.5 Å². The first-order valence-corrected chi connectivity index (χ1v) is 19.5. The third-order valence-electron chi connectivity index (χ3n) is 11.1. The number of H-pyrrole nitrogens is 1. The number of fused-ring (bicyclic) bond motifs is 3. The van der Waals surface area contributed by atoms with Gasteiger partial charge in [-0.3, -0.25) is 19.2 Å². The number of anilines is 1. The lowest BCUT2D eigenvalue weighted by Gasteiger charge is -2.43. The van der Waals surface area contributed by atoms with Crippen LogP contribution < -0.4 is 16.1 Å². The van der Waals surface area contributed by atoms with E-state index in [0.29, 0.717) is 71.6 Å². The third-order valence-corrected chi connectivity index (χ3v) is 11.1. The number of ether oxygens (including phenoxy) is 1. The van der Waals surface area contributed by atoms with Crippen molar-refractivity contribution >= 4 is 45.2 Å². The summed E-state index contributed by atoms with van der Waals surface area (Å²) in [6.45, 7) is 5.25. The van der Waals surface area contributed by atoms with Gasteiger partial charge in [0, 0.05) is 74.1 Å². The fourth-order valence-corrected chi connectivity index (χ4v) is 7.92. The molecular formula is C43H43F4N5O7. The highest BCUT2D eigenvalue weighted by atomic mass is 19.4. The molecule has 0 unspecified atom stereocenters. The second-order valence-electron chi connectivity index (χ2n) is 15.5. The summed E-state index contributed by atoms with van der Waals surface area (Å²) in [6, 6.07) is 14.5. The molecule has 59 heavy (non-hydrogen) atoms. The second kappa shape index (κ2) is 16.8. The van der Waals surface area contributed by atoms with Gasteiger partial charge < -0.3 is 23.9 Å². The van der Waals surface area contributed by atoms with E-state index in [1.807, 2.05) is 13.8 Å². The quantitative estimate of drug-likeness (QED) is 0.0917. The van der Waals surface area contributed by atoms with Crippen molar-refractivity contribution in [3.8, 4) is 0 Å². The molecule has 0 aliphatic carbocycles. The van der Waals surface area contributed by atoms with Crippen molar-refractivity contribution in [1.82, 2.24) is 20.0 Å². The number of carbonyl (C=O) groups is 3. The van der Waals surface area contributed by atoms with E-state index in [4.69, 9.17) is 9.15 Å². The molecule has 3 aromatic carbocycles. The molecule has 0 atom stereocenters. The maximum atomic E-state index is 14.9. The summed E-state index contributed by atoms with van der Waals surface area (Å²) >= 11 is 0. The van der Waals surface area contributed by atoms with E-state index < -0.39 is 34.6 Å². The number of aromatic amines is 1. The number of halogens is 4. The van der Waals surface area contributed by atoms with Crippen LogP contribution in [0.5, 0.6) is 0 Å². The Morgan fingerprint density at radius 3 is 2.34 bits per heavy atom. The Bertz CT molecular complexity index is 2540. The highest BCUT2D eigenvalue weighted by molar-refractivity contribution is 5.99. The van der Waals surface area contributed by atoms with E-state index in [2.05, 4.69) is 10.2 Å². The van der Waals surface area contributed by atoms with Crippen LogP contribution >= 0.6 is 0 Å². The van der Waals surface area contributed by atoms with E-state index in [-0.39, 0.29) is 86.0 Å². The molecule has 16 heteroatoms. The van der Waals surface area contributed by atoms with Gasteiger partial charge in [0.25, 0.3) is 11.5 Å². The number of benzene rings is 3. The summed E-state index contributed by atoms with van der Waals surface area (Å²) < 4.78 is 66.9. The molecule has 3 amide bonds. The fourth-order valence-electron chi connectivity index (χ4n) is 7.92. The number of nitrogens with zero attached hydrogens (tertiary/aromatic N) is 4. The Labute approximate surface area is 335 Å². The Balaban J connectivity index is 0.855. The molecule has 0 saturated carbocycles. The number of hydrogen-bond acceptors (Lipinski definition) is 8. The fraction of sp³-hybridized carbons (Fsp3) is 0.395. The Morgan fingerprint density at radius 1 is 0.864 bits per heavy atom. The predicted molar refractivity (Wildman–Crippen MR) is 211 cm³/mol. The molecule has 12 nitrogen and oxygen atoms in total. The number of aromatic nitrogens is 2. The average Bonchev–Trinajstić information content (AvgIpc) is 3.20. The van der Waals surface area contributed by atoms with Crippen LogP contribution in [-0.4, -0.2) is 82.7 Å². The van der Waals surface area contributed by atoms with E-state index in [1.54, 1.807) is 40.1 Å². The molecule has 7 rings (SSSR count). The molecule has 2 aliphatic heterocycles.